The van der Waals surface area contributed by atoms with Crippen LogP contribution in [0.15, 0.2) is 6.33 Å². The van der Waals surface area contributed by atoms with Crippen molar-refractivity contribution in [3.8, 4) is 5.88 Å². The van der Waals surface area contributed by atoms with Crippen LogP contribution in [0.4, 0.5) is 5.95 Å². The smallest absolute Gasteiger partial charge is 0.324 e. The Kier molecular flexibility index (Phi) is 7.27. The Morgan fingerprint density at radius 1 is 1.38 bits per heavy atom. The minimum Gasteiger partial charge on any atom is -0.476 e. The van der Waals surface area contributed by atoms with Crippen LogP contribution in [0.25, 0.3) is 11.2 Å². The Balaban J connectivity index is 2.18. The minimum atomic E-state index is -3.22. The maximum atomic E-state index is 9.70. The summed E-state index contributed by atoms with van der Waals surface area (Å²) in [4.78, 5) is 22.3. The molecular weight excluding hydrogens is 381 g/mol. The molecule has 2 rings (SSSR count). The van der Waals surface area contributed by atoms with Crippen molar-refractivity contribution in [1.29, 1.82) is 0 Å². The van der Waals surface area contributed by atoms with Crippen LogP contribution >= 0.6 is 6.72 Å². The van der Waals surface area contributed by atoms with Crippen LogP contribution in [-0.4, -0.2) is 50.8 Å². The quantitative estimate of drug-likeness (QED) is 0.567. The van der Waals surface area contributed by atoms with Gasteiger partial charge in [-0.25, -0.2) is 4.98 Å². The summed E-state index contributed by atoms with van der Waals surface area (Å²) in [6, 6.07) is 0. The highest BCUT2D eigenvalue weighted by atomic mass is 32.5. The zero-order valence-electron chi connectivity index (χ0n) is 15.2. The van der Waals surface area contributed by atoms with Crippen molar-refractivity contribution in [2.45, 2.75) is 39.5 Å². The van der Waals surface area contributed by atoms with Crippen molar-refractivity contribution in [2.75, 3.05) is 26.1 Å². The van der Waals surface area contributed by atoms with Crippen molar-refractivity contribution in [3.05, 3.63) is 6.33 Å². The maximum absolute atomic E-state index is 9.70. The fourth-order valence-corrected chi connectivity index (χ4v) is 2.88. The molecule has 0 aliphatic heterocycles. The number of aromatic nitrogens is 4. The van der Waals surface area contributed by atoms with Crippen LogP contribution in [0, 0.1) is 0 Å². The SMILES string of the molecule is CCOc1nc(N)nc2c1ncn2C(C)OC(CC)COP(O)(=S)OC. The molecule has 0 amide bonds. The first kappa shape index (κ1) is 20.9. The van der Waals surface area contributed by atoms with Gasteiger partial charge in [0.2, 0.25) is 11.8 Å². The van der Waals surface area contributed by atoms with Crippen molar-refractivity contribution in [3.63, 3.8) is 0 Å². The average molecular weight is 405 g/mol. The largest absolute Gasteiger partial charge is 0.476 e. The number of nitrogens with two attached hydrogens (primary N) is 1. The van der Waals surface area contributed by atoms with Crippen molar-refractivity contribution in [2.24, 2.45) is 0 Å². The summed E-state index contributed by atoms with van der Waals surface area (Å²) in [5.74, 6) is 0.420. The number of nitrogens with zero attached hydrogens (tertiary/aromatic N) is 4. The van der Waals surface area contributed by atoms with Gasteiger partial charge in [-0.15, -0.1) is 0 Å². The first-order valence-electron chi connectivity index (χ1n) is 8.12. The van der Waals surface area contributed by atoms with Crippen LogP contribution < -0.4 is 10.5 Å². The van der Waals surface area contributed by atoms with Gasteiger partial charge in [-0.3, -0.25) is 4.57 Å². The summed E-state index contributed by atoms with van der Waals surface area (Å²) in [7, 11) is 1.31. The van der Waals surface area contributed by atoms with Gasteiger partial charge in [0.15, 0.2) is 11.2 Å². The second kappa shape index (κ2) is 9.03. The number of imidazole rings is 1. The van der Waals surface area contributed by atoms with Gasteiger partial charge in [0.05, 0.1) is 25.6 Å². The van der Waals surface area contributed by atoms with Crippen LogP contribution in [0.2, 0.25) is 0 Å². The fraction of sp³-hybridized carbons (Fsp3) is 0.643. The van der Waals surface area contributed by atoms with Gasteiger partial charge >= 0.3 is 6.72 Å². The molecule has 0 aromatic carbocycles. The van der Waals surface area contributed by atoms with E-state index >= 15 is 0 Å². The van der Waals surface area contributed by atoms with E-state index in [9.17, 15) is 4.89 Å². The van der Waals surface area contributed by atoms with Crippen molar-refractivity contribution in [1.82, 2.24) is 19.5 Å². The third kappa shape index (κ3) is 5.09. The van der Waals surface area contributed by atoms with Crippen molar-refractivity contribution < 1.29 is 23.4 Å². The minimum absolute atomic E-state index is 0.0892. The molecule has 146 valence electrons. The van der Waals surface area contributed by atoms with E-state index in [2.05, 4.69) is 15.0 Å². The molecule has 0 bridgehead atoms. The summed E-state index contributed by atoms with van der Waals surface area (Å²) >= 11 is 4.83. The van der Waals surface area contributed by atoms with E-state index in [1.807, 2.05) is 20.8 Å². The molecule has 0 aliphatic carbocycles. The lowest BCUT2D eigenvalue weighted by Crippen LogP contribution is -2.23. The van der Waals surface area contributed by atoms with Crippen LogP contribution in [0.1, 0.15) is 33.4 Å². The van der Waals surface area contributed by atoms with E-state index in [1.54, 1.807) is 10.9 Å². The Morgan fingerprint density at radius 2 is 2.12 bits per heavy atom. The Labute approximate surface area is 156 Å². The zero-order valence-corrected chi connectivity index (χ0v) is 16.9. The maximum Gasteiger partial charge on any atom is 0.324 e. The molecule has 2 heterocycles. The van der Waals surface area contributed by atoms with E-state index in [0.29, 0.717) is 30.1 Å². The number of fused-ring (bicyclic) bond motifs is 1. The summed E-state index contributed by atoms with van der Waals surface area (Å²) in [6.45, 7) is 2.95. The monoisotopic (exact) mass is 405 g/mol. The van der Waals surface area contributed by atoms with E-state index in [0.717, 1.165) is 0 Å². The lowest BCUT2D eigenvalue weighted by atomic mass is 10.3. The highest BCUT2D eigenvalue weighted by molar-refractivity contribution is 8.07. The molecule has 12 heteroatoms. The van der Waals surface area contributed by atoms with Crippen LogP contribution in [0.3, 0.4) is 0 Å². The molecule has 2 aromatic rings. The van der Waals surface area contributed by atoms with Gasteiger partial charge in [0.1, 0.15) is 6.23 Å². The highest BCUT2D eigenvalue weighted by Gasteiger charge is 2.21. The molecule has 2 aromatic heterocycles. The number of anilines is 1. The number of nitrogen functional groups attached to an aromatic ring is 1. The molecule has 3 atom stereocenters. The topological polar surface area (TPSA) is 127 Å². The molecule has 0 radical (unpaired) electrons. The molecular formula is C14H24N5O5PS. The normalized spacial score (nSPS) is 16.3. The number of ether oxygens (including phenoxy) is 2. The Hall–Kier alpha value is -1.36. The van der Waals surface area contributed by atoms with Crippen LogP contribution in [-0.2, 0) is 25.6 Å². The molecule has 0 fully saturated rings. The first-order valence-corrected chi connectivity index (χ1v) is 10.7. The number of hydrogen-bond donors (Lipinski definition) is 2. The zero-order chi connectivity index (χ0) is 19.3. The van der Waals surface area contributed by atoms with E-state index < -0.39 is 12.9 Å². The second-order valence-electron chi connectivity index (χ2n) is 5.36. The average Bonchev–Trinajstić information content (AvgIpc) is 3.02. The summed E-state index contributed by atoms with van der Waals surface area (Å²) in [5.41, 5.74) is 6.78. The third-order valence-electron chi connectivity index (χ3n) is 3.58. The molecule has 0 aliphatic rings. The second-order valence-corrected chi connectivity index (χ2v) is 8.30. The number of hydrogen-bond acceptors (Lipinski definition) is 9. The molecule has 3 unspecified atom stereocenters. The summed E-state index contributed by atoms with van der Waals surface area (Å²) in [5, 5.41) is 0. The van der Waals surface area contributed by atoms with E-state index in [4.69, 9.17) is 36.1 Å². The summed E-state index contributed by atoms with van der Waals surface area (Å²) in [6.07, 6.45) is 1.51. The van der Waals surface area contributed by atoms with Gasteiger partial charge in [-0.1, -0.05) is 6.92 Å². The lowest BCUT2D eigenvalue weighted by Gasteiger charge is -2.23. The Bertz CT molecular complexity index is 788. The molecule has 0 spiro atoms. The fourth-order valence-electron chi connectivity index (χ4n) is 2.24. The van der Waals surface area contributed by atoms with Gasteiger partial charge in [0.25, 0.3) is 0 Å². The lowest BCUT2D eigenvalue weighted by molar-refractivity contribution is -0.0622. The Morgan fingerprint density at radius 3 is 2.73 bits per heavy atom. The third-order valence-corrected chi connectivity index (χ3v) is 5.28. The molecule has 10 nitrogen and oxygen atoms in total. The molecule has 0 saturated carbocycles. The van der Waals surface area contributed by atoms with Gasteiger partial charge in [-0.05, 0) is 32.1 Å². The molecule has 0 saturated heterocycles. The first-order chi connectivity index (χ1) is 12.3. The standard InChI is InChI=1S/C14H24N5O5PS/c1-5-10(7-23-25(20,26)21-4)24-9(3)19-8-16-11-12(19)17-14(15)18-13(11)22-6-2/h8-10H,5-7H2,1-4H3,(H,20,26)(H2,15,17,18). The number of rotatable bonds is 10. The highest BCUT2D eigenvalue weighted by Crippen LogP contribution is 2.42. The van der Waals surface area contributed by atoms with E-state index in [1.165, 1.54) is 7.11 Å². The van der Waals surface area contributed by atoms with Gasteiger partial charge in [0, 0.05) is 7.11 Å². The predicted molar refractivity (Wildman–Crippen MR) is 100 cm³/mol. The van der Waals surface area contributed by atoms with Gasteiger partial charge < -0.3 is 29.1 Å². The van der Waals surface area contributed by atoms with Crippen LogP contribution in [0.5, 0.6) is 5.88 Å². The van der Waals surface area contributed by atoms with E-state index in [-0.39, 0.29) is 18.7 Å². The van der Waals surface area contributed by atoms with Gasteiger partial charge in [-0.2, -0.15) is 9.97 Å². The molecule has 26 heavy (non-hydrogen) atoms. The van der Waals surface area contributed by atoms with Crippen molar-refractivity contribution >= 4 is 35.6 Å². The predicted octanol–water partition coefficient (Wildman–Crippen LogP) is 2.00. The molecule has 3 N–H and O–H groups in total. The summed E-state index contributed by atoms with van der Waals surface area (Å²) < 4.78 is 23.2.